The highest BCUT2D eigenvalue weighted by Gasteiger charge is 2.20. The highest BCUT2D eigenvalue weighted by Crippen LogP contribution is 2.17. The Balaban J connectivity index is 1.38. The Kier molecular flexibility index (Phi) is 5.56. The quantitative estimate of drug-likeness (QED) is 0.859. The van der Waals surface area contributed by atoms with Crippen LogP contribution in [0.4, 0.5) is 0 Å². The fourth-order valence-corrected chi connectivity index (χ4v) is 3.61. The molecule has 3 heterocycles. The average molecular weight is 317 g/mol. The Labute approximate surface area is 135 Å². The number of nitrogens with one attached hydrogen (secondary N) is 1. The molecule has 2 aromatic rings. The molecule has 118 valence electrons. The van der Waals surface area contributed by atoms with Crippen molar-refractivity contribution in [3.63, 3.8) is 0 Å². The minimum Gasteiger partial charge on any atom is -0.387 e. The second-order valence-corrected chi connectivity index (χ2v) is 6.67. The van der Waals surface area contributed by atoms with E-state index in [4.69, 9.17) is 0 Å². The van der Waals surface area contributed by atoms with Gasteiger partial charge >= 0.3 is 0 Å². The minimum atomic E-state index is -0.389. The number of aromatic nitrogens is 1. The third-order valence-electron chi connectivity index (χ3n) is 4.24. The van der Waals surface area contributed by atoms with Gasteiger partial charge in [-0.05, 0) is 60.0 Å². The molecule has 2 aromatic heterocycles. The number of piperidine rings is 1. The lowest BCUT2D eigenvalue weighted by molar-refractivity contribution is 0.149. The fraction of sp³-hybridized carbons (Fsp3) is 0.471. The highest BCUT2D eigenvalue weighted by molar-refractivity contribution is 7.07. The number of aliphatic hydroxyl groups excluding tert-OH is 1. The summed E-state index contributed by atoms with van der Waals surface area (Å²) in [5, 5.41) is 17.6. The third kappa shape index (κ3) is 4.36. The normalized spacial score (nSPS) is 18.4. The van der Waals surface area contributed by atoms with Gasteiger partial charge in [0.25, 0.3) is 0 Å². The molecule has 1 saturated heterocycles. The zero-order valence-corrected chi connectivity index (χ0v) is 13.5. The van der Waals surface area contributed by atoms with Crippen LogP contribution in [0.5, 0.6) is 0 Å². The molecular formula is C17H23N3OS. The molecule has 22 heavy (non-hydrogen) atoms. The van der Waals surface area contributed by atoms with E-state index in [9.17, 15) is 5.11 Å². The predicted octanol–water partition coefficient (Wildman–Crippen LogP) is 2.43. The number of pyridine rings is 1. The Morgan fingerprint density at radius 1 is 1.36 bits per heavy atom. The van der Waals surface area contributed by atoms with E-state index in [1.165, 1.54) is 5.56 Å². The number of likely N-dealkylation sites (tertiary alicyclic amines) is 1. The van der Waals surface area contributed by atoms with Crippen LogP contribution >= 0.6 is 11.3 Å². The van der Waals surface area contributed by atoms with Crippen molar-refractivity contribution in [1.82, 2.24) is 15.2 Å². The van der Waals surface area contributed by atoms with E-state index in [1.807, 2.05) is 35.3 Å². The first-order valence-corrected chi connectivity index (χ1v) is 8.80. The van der Waals surface area contributed by atoms with Crippen LogP contribution in [-0.4, -0.2) is 40.7 Å². The number of hydrogen-bond donors (Lipinski definition) is 2. The molecule has 0 radical (unpaired) electrons. The molecule has 4 nitrogen and oxygen atoms in total. The number of aliphatic hydroxyl groups is 1. The summed E-state index contributed by atoms with van der Waals surface area (Å²) in [6.45, 7) is 3.82. The maximum atomic E-state index is 10.1. The molecular weight excluding hydrogens is 294 g/mol. The van der Waals surface area contributed by atoms with Gasteiger partial charge in [-0.15, -0.1) is 0 Å². The summed E-state index contributed by atoms with van der Waals surface area (Å²) in [7, 11) is 0. The zero-order valence-electron chi connectivity index (χ0n) is 12.7. The minimum absolute atomic E-state index is 0.389. The van der Waals surface area contributed by atoms with Crippen LogP contribution in [-0.2, 0) is 6.54 Å². The third-order valence-corrected chi connectivity index (χ3v) is 4.95. The van der Waals surface area contributed by atoms with Gasteiger partial charge in [0.05, 0.1) is 6.10 Å². The summed E-state index contributed by atoms with van der Waals surface area (Å²) in [5.74, 6) is 0. The molecule has 0 aliphatic carbocycles. The maximum Gasteiger partial charge on any atom is 0.0922 e. The Bertz CT molecular complexity index is 538. The van der Waals surface area contributed by atoms with Crippen molar-refractivity contribution in [2.45, 2.75) is 31.5 Å². The van der Waals surface area contributed by atoms with Crippen LogP contribution in [0.15, 0.2) is 41.4 Å². The van der Waals surface area contributed by atoms with Crippen molar-refractivity contribution >= 4 is 11.3 Å². The maximum absolute atomic E-state index is 10.1. The van der Waals surface area contributed by atoms with Crippen molar-refractivity contribution in [1.29, 1.82) is 0 Å². The molecule has 0 spiro atoms. The first-order chi connectivity index (χ1) is 10.8. The number of hydrogen-bond acceptors (Lipinski definition) is 5. The molecule has 2 N–H and O–H groups in total. The predicted molar refractivity (Wildman–Crippen MR) is 89.8 cm³/mol. The van der Waals surface area contributed by atoms with Gasteiger partial charge in [0.15, 0.2) is 0 Å². The summed E-state index contributed by atoms with van der Waals surface area (Å²) in [4.78, 5) is 6.65. The zero-order chi connectivity index (χ0) is 15.2. The molecule has 0 bridgehead atoms. The van der Waals surface area contributed by atoms with Crippen molar-refractivity contribution < 1.29 is 5.11 Å². The van der Waals surface area contributed by atoms with E-state index in [2.05, 4.69) is 21.3 Å². The van der Waals surface area contributed by atoms with Gasteiger partial charge in [-0.3, -0.25) is 9.88 Å². The van der Waals surface area contributed by atoms with Crippen LogP contribution in [0.3, 0.4) is 0 Å². The first-order valence-electron chi connectivity index (χ1n) is 7.86. The highest BCUT2D eigenvalue weighted by atomic mass is 32.1. The van der Waals surface area contributed by atoms with Gasteiger partial charge in [-0.25, -0.2) is 0 Å². The van der Waals surface area contributed by atoms with E-state index in [0.717, 1.165) is 38.0 Å². The summed E-state index contributed by atoms with van der Waals surface area (Å²) in [6, 6.07) is 6.63. The molecule has 1 fully saturated rings. The number of rotatable bonds is 6. The molecule has 1 aliphatic rings. The monoisotopic (exact) mass is 317 g/mol. The summed E-state index contributed by atoms with van der Waals surface area (Å²) in [5.41, 5.74) is 2.30. The summed E-state index contributed by atoms with van der Waals surface area (Å²) >= 11 is 1.63. The molecule has 0 aromatic carbocycles. The standard InChI is InChI=1S/C17H23N3OS/c21-17(15-5-9-22-13-15)11-19-16-3-7-20(8-4-16)12-14-2-1-6-18-10-14/h1-2,5-6,9-10,13,16-17,19,21H,3-4,7-8,11-12H2. The lowest BCUT2D eigenvalue weighted by atomic mass is 10.0. The fourth-order valence-electron chi connectivity index (χ4n) is 2.91. The van der Waals surface area contributed by atoms with Gasteiger partial charge in [0.2, 0.25) is 0 Å². The molecule has 1 unspecified atom stereocenters. The molecule has 0 saturated carbocycles. The average Bonchev–Trinajstić information content (AvgIpc) is 3.09. The molecule has 1 aliphatic heterocycles. The Morgan fingerprint density at radius 2 is 2.23 bits per heavy atom. The van der Waals surface area contributed by atoms with E-state index in [0.29, 0.717) is 12.6 Å². The van der Waals surface area contributed by atoms with E-state index in [1.54, 1.807) is 11.3 Å². The van der Waals surface area contributed by atoms with E-state index < -0.39 is 0 Å². The Hall–Kier alpha value is -1.27. The molecule has 0 amide bonds. The van der Waals surface area contributed by atoms with Gasteiger partial charge in [0, 0.05) is 31.5 Å². The summed E-state index contributed by atoms with van der Waals surface area (Å²) < 4.78 is 0. The SMILES string of the molecule is OC(CNC1CCN(Cc2cccnc2)CC1)c1ccsc1. The van der Waals surface area contributed by atoms with Crippen molar-refractivity contribution in [2.24, 2.45) is 0 Å². The van der Waals surface area contributed by atoms with Crippen LogP contribution < -0.4 is 5.32 Å². The smallest absolute Gasteiger partial charge is 0.0922 e. The summed E-state index contributed by atoms with van der Waals surface area (Å²) in [6.07, 6.45) is 5.65. The molecule has 3 rings (SSSR count). The van der Waals surface area contributed by atoms with Gasteiger partial charge in [0.1, 0.15) is 0 Å². The van der Waals surface area contributed by atoms with Gasteiger partial charge in [-0.2, -0.15) is 11.3 Å². The van der Waals surface area contributed by atoms with Gasteiger partial charge < -0.3 is 10.4 Å². The van der Waals surface area contributed by atoms with Crippen molar-refractivity contribution in [3.05, 3.63) is 52.5 Å². The van der Waals surface area contributed by atoms with Crippen molar-refractivity contribution in [3.8, 4) is 0 Å². The van der Waals surface area contributed by atoms with Crippen LogP contribution in [0.2, 0.25) is 0 Å². The van der Waals surface area contributed by atoms with Crippen LogP contribution in [0.1, 0.15) is 30.1 Å². The molecule has 1 atom stereocenters. The van der Waals surface area contributed by atoms with Crippen molar-refractivity contribution in [2.75, 3.05) is 19.6 Å². The van der Waals surface area contributed by atoms with Crippen LogP contribution in [0, 0.1) is 0 Å². The second kappa shape index (κ2) is 7.83. The van der Waals surface area contributed by atoms with E-state index >= 15 is 0 Å². The number of nitrogens with zero attached hydrogens (tertiary/aromatic N) is 2. The van der Waals surface area contributed by atoms with Crippen LogP contribution in [0.25, 0.3) is 0 Å². The number of thiophene rings is 1. The van der Waals surface area contributed by atoms with E-state index in [-0.39, 0.29) is 6.10 Å². The molecule has 5 heteroatoms. The largest absolute Gasteiger partial charge is 0.387 e. The Morgan fingerprint density at radius 3 is 2.91 bits per heavy atom. The topological polar surface area (TPSA) is 48.4 Å². The first kappa shape index (κ1) is 15.6. The lowest BCUT2D eigenvalue weighted by Crippen LogP contribution is -2.43. The lowest BCUT2D eigenvalue weighted by Gasteiger charge is -2.32. The second-order valence-electron chi connectivity index (χ2n) is 5.89. The van der Waals surface area contributed by atoms with Gasteiger partial charge in [-0.1, -0.05) is 6.07 Å².